The number of amides is 2. The van der Waals surface area contributed by atoms with Crippen LogP contribution in [0.1, 0.15) is 23.1 Å². The number of fused-ring (bicyclic) bond motifs is 1. The fourth-order valence-corrected chi connectivity index (χ4v) is 3.47. The molecule has 0 radical (unpaired) electrons. The van der Waals surface area contributed by atoms with Gasteiger partial charge < -0.3 is 15.0 Å². The summed E-state index contributed by atoms with van der Waals surface area (Å²) in [5, 5.41) is 3.00. The molecule has 122 valence electrons. The lowest BCUT2D eigenvalue weighted by Gasteiger charge is -2.26. The van der Waals surface area contributed by atoms with Gasteiger partial charge in [0, 0.05) is 24.4 Å². The summed E-state index contributed by atoms with van der Waals surface area (Å²) < 4.78 is 5.42. The molecule has 1 aliphatic heterocycles. The number of thiazole rings is 1. The molecule has 6 heteroatoms. The van der Waals surface area contributed by atoms with Crippen molar-refractivity contribution in [1.82, 2.24) is 15.2 Å². The zero-order valence-electron chi connectivity index (χ0n) is 13.2. The van der Waals surface area contributed by atoms with Crippen LogP contribution >= 0.6 is 11.3 Å². The molecule has 0 fully saturated rings. The van der Waals surface area contributed by atoms with E-state index in [0.29, 0.717) is 19.7 Å². The van der Waals surface area contributed by atoms with Gasteiger partial charge in [-0.05, 0) is 31.0 Å². The molecule has 2 amide bonds. The van der Waals surface area contributed by atoms with E-state index in [1.807, 2.05) is 41.6 Å². The summed E-state index contributed by atoms with van der Waals surface area (Å²) in [6, 6.07) is 8.03. The normalized spacial score (nSPS) is 13.5. The molecule has 2 heterocycles. The minimum Gasteiger partial charge on any atom is -0.494 e. The molecule has 1 aromatic heterocycles. The maximum atomic E-state index is 12.2. The molecular formula is C17H21N3O2S. The average molecular weight is 331 g/mol. The van der Waals surface area contributed by atoms with Crippen LogP contribution in [0.15, 0.2) is 29.8 Å². The van der Waals surface area contributed by atoms with Gasteiger partial charge >= 0.3 is 6.03 Å². The molecule has 1 aliphatic rings. The van der Waals surface area contributed by atoms with Gasteiger partial charge in [0.15, 0.2) is 0 Å². The average Bonchev–Trinajstić information content (AvgIpc) is 3.04. The number of carbonyl (C=O) groups is 1. The molecule has 0 aliphatic carbocycles. The van der Waals surface area contributed by atoms with Gasteiger partial charge in [0.25, 0.3) is 0 Å². The zero-order valence-corrected chi connectivity index (χ0v) is 14.1. The van der Waals surface area contributed by atoms with Gasteiger partial charge in [-0.1, -0.05) is 12.1 Å². The second kappa shape index (κ2) is 7.46. The standard InChI is InChI=1S/C17H21N3O2S/c1-2-22-14-5-3-13(4-6-14)7-9-18-17(21)20-10-8-15-16(11-20)23-12-19-15/h3-6,12H,2,7-11H2,1H3,(H,18,21). The molecule has 5 nitrogen and oxygen atoms in total. The van der Waals surface area contributed by atoms with Crippen molar-refractivity contribution in [1.29, 1.82) is 0 Å². The number of nitrogens with zero attached hydrogens (tertiary/aromatic N) is 2. The first kappa shape index (κ1) is 15.8. The first-order chi connectivity index (χ1) is 11.3. The number of aromatic nitrogens is 1. The number of carbonyl (C=O) groups excluding carboxylic acids is 1. The van der Waals surface area contributed by atoms with E-state index >= 15 is 0 Å². The first-order valence-corrected chi connectivity index (χ1v) is 8.80. The third-order valence-electron chi connectivity index (χ3n) is 3.89. The largest absolute Gasteiger partial charge is 0.494 e. The van der Waals surface area contributed by atoms with Crippen molar-refractivity contribution in [3.8, 4) is 5.75 Å². The molecule has 0 bridgehead atoms. The van der Waals surface area contributed by atoms with Gasteiger partial charge in [0.1, 0.15) is 5.75 Å². The Hall–Kier alpha value is -2.08. The van der Waals surface area contributed by atoms with Crippen LogP contribution in [0, 0.1) is 0 Å². The van der Waals surface area contributed by atoms with E-state index in [9.17, 15) is 4.79 Å². The van der Waals surface area contributed by atoms with Crippen LogP contribution in [-0.4, -0.2) is 35.6 Å². The molecule has 1 N–H and O–H groups in total. The third kappa shape index (κ3) is 4.01. The molecule has 0 saturated carbocycles. The van der Waals surface area contributed by atoms with Crippen molar-refractivity contribution in [2.24, 2.45) is 0 Å². The molecule has 1 aromatic carbocycles. The van der Waals surface area contributed by atoms with Crippen LogP contribution in [0.2, 0.25) is 0 Å². The van der Waals surface area contributed by atoms with Gasteiger partial charge in [-0.15, -0.1) is 11.3 Å². The Morgan fingerprint density at radius 3 is 3.00 bits per heavy atom. The van der Waals surface area contributed by atoms with Crippen LogP contribution in [0.5, 0.6) is 5.75 Å². The summed E-state index contributed by atoms with van der Waals surface area (Å²) in [7, 11) is 0. The quantitative estimate of drug-likeness (QED) is 0.916. The number of benzene rings is 1. The number of ether oxygens (including phenoxy) is 1. The lowest BCUT2D eigenvalue weighted by atomic mass is 10.1. The number of hydrogen-bond acceptors (Lipinski definition) is 4. The van der Waals surface area contributed by atoms with Crippen LogP contribution in [0.25, 0.3) is 0 Å². The van der Waals surface area contributed by atoms with E-state index in [-0.39, 0.29) is 6.03 Å². The Morgan fingerprint density at radius 2 is 2.22 bits per heavy atom. The highest BCUT2D eigenvalue weighted by atomic mass is 32.1. The summed E-state index contributed by atoms with van der Waals surface area (Å²) in [6.07, 6.45) is 1.67. The fraction of sp³-hybridized carbons (Fsp3) is 0.412. The summed E-state index contributed by atoms with van der Waals surface area (Å²) in [5.74, 6) is 0.883. The van der Waals surface area contributed by atoms with Crippen LogP contribution in [0.3, 0.4) is 0 Å². The summed E-state index contributed by atoms with van der Waals surface area (Å²) >= 11 is 1.63. The monoisotopic (exact) mass is 331 g/mol. The van der Waals surface area contributed by atoms with Crippen molar-refractivity contribution >= 4 is 17.4 Å². The maximum absolute atomic E-state index is 12.2. The van der Waals surface area contributed by atoms with Crippen molar-refractivity contribution < 1.29 is 9.53 Å². The molecule has 0 unspecified atom stereocenters. The third-order valence-corrected chi connectivity index (χ3v) is 4.75. The molecule has 23 heavy (non-hydrogen) atoms. The number of rotatable bonds is 5. The van der Waals surface area contributed by atoms with Gasteiger partial charge in [-0.25, -0.2) is 9.78 Å². The van der Waals surface area contributed by atoms with E-state index in [4.69, 9.17) is 4.74 Å². The Balaban J connectivity index is 1.44. The van der Waals surface area contributed by atoms with Gasteiger partial charge in [-0.3, -0.25) is 0 Å². The van der Waals surface area contributed by atoms with Gasteiger partial charge in [-0.2, -0.15) is 0 Å². The van der Waals surface area contributed by atoms with Crippen molar-refractivity contribution in [3.05, 3.63) is 45.9 Å². The molecule has 0 atom stereocenters. The molecule has 3 rings (SSSR count). The van der Waals surface area contributed by atoms with Gasteiger partial charge in [0.05, 0.1) is 24.4 Å². The maximum Gasteiger partial charge on any atom is 0.317 e. The van der Waals surface area contributed by atoms with E-state index in [1.54, 1.807) is 11.3 Å². The summed E-state index contributed by atoms with van der Waals surface area (Å²) in [5.41, 5.74) is 4.20. The smallest absolute Gasteiger partial charge is 0.317 e. The predicted molar refractivity (Wildman–Crippen MR) is 90.9 cm³/mol. The summed E-state index contributed by atoms with van der Waals surface area (Å²) in [4.78, 5) is 19.6. The number of nitrogens with one attached hydrogen (secondary N) is 1. The molecular weight excluding hydrogens is 310 g/mol. The number of urea groups is 1. The van der Waals surface area contributed by atoms with Crippen LogP contribution in [-0.2, 0) is 19.4 Å². The van der Waals surface area contributed by atoms with Crippen molar-refractivity contribution in [3.63, 3.8) is 0 Å². The zero-order chi connectivity index (χ0) is 16.1. The number of hydrogen-bond donors (Lipinski definition) is 1. The SMILES string of the molecule is CCOc1ccc(CCNC(=O)N2CCc3ncsc3C2)cc1. The Morgan fingerprint density at radius 1 is 1.39 bits per heavy atom. The fourth-order valence-electron chi connectivity index (χ4n) is 2.64. The molecule has 0 saturated heterocycles. The topological polar surface area (TPSA) is 54.5 Å². The highest BCUT2D eigenvalue weighted by molar-refractivity contribution is 7.09. The van der Waals surface area contributed by atoms with Crippen molar-refractivity contribution in [2.45, 2.75) is 26.3 Å². The van der Waals surface area contributed by atoms with Gasteiger partial charge in [0.2, 0.25) is 0 Å². The minimum absolute atomic E-state index is 0.00925. The molecule has 0 spiro atoms. The van der Waals surface area contributed by atoms with Crippen molar-refractivity contribution in [2.75, 3.05) is 19.7 Å². The van der Waals surface area contributed by atoms with E-state index in [1.165, 1.54) is 10.4 Å². The lowest BCUT2D eigenvalue weighted by Crippen LogP contribution is -2.43. The first-order valence-electron chi connectivity index (χ1n) is 7.92. The Labute approximate surface area is 140 Å². The van der Waals surface area contributed by atoms with Crippen LogP contribution < -0.4 is 10.1 Å². The summed E-state index contributed by atoms with van der Waals surface area (Å²) in [6.45, 7) is 4.70. The highest BCUT2D eigenvalue weighted by Crippen LogP contribution is 2.21. The second-order valence-electron chi connectivity index (χ2n) is 5.45. The van der Waals surface area contributed by atoms with Crippen LogP contribution in [0.4, 0.5) is 4.79 Å². The Bertz CT molecular complexity index is 654. The van der Waals surface area contributed by atoms with E-state index in [0.717, 1.165) is 30.8 Å². The van der Waals surface area contributed by atoms with E-state index in [2.05, 4.69) is 10.3 Å². The minimum atomic E-state index is 0.00925. The predicted octanol–water partition coefficient (Wildman–Crippen LogP) is 2.85. The Kier molecular flexibility index (Phi) is 5.12. The molecule has 2 aromatic rings. The van der Waals surface area contributed by atoms with E-state index < -0.39 is 0 Å². The highest BCUT2D eigenvalue weighted by Gasteiger charge is 2.21. The second-order valence-corrected chi connectivity index (χ2v) is 6.39. The lowest BCUT2D eigenvalue weighted by molar-refractivity contribution is 0.193.